The molecule has 1 saturated carbocycles. The van der Waals surface area contributed by atoms with Crippen molar-refractivity contribution in [2.45, 2.75) is 44.2 Å². The first-order valence-electron chi connectivity index (χ1n) is 10.9. The number of primary amides is 1. The maximum Gasteiger partial charge on any atom is 0.407 e. The second-order valence-corrected chi connectivity index (χ2v) is 9.03. The summed E-state index contributed by atoms with van der Waals surface area (Å²) in [5, 5.41) is 37.0. The van der Waals surface area contributed by atoms with Crippen LogP contribution in [-0.4, -0.2) is 43.9 Å². The Balaban J connectivity index is 1.84. The van der Waals surface area contributed by atoms with E-state index in [2.05, 4.69) is 22.6 Å². The zero-order valence-electron chi connectivity index (χ0n) is 18.5. The van der Waals surface area contributed by atoms with E-state index in [1.807, 2.05) is 0 Å². The normalized spacial score (nSPS) is 25.1. The molecular weight excluding hydrogens is 441 g/mol. The third-order valence-electron chi connectivity index (χ3n) is 7.31. The number of amides is 2. The Morgan fingerprint density at radius 1 is 1.32 bits per heavy atom. The van der Waals surface area contributed by atoms with E-state index in [4.69, 9.17) is 5.73 Å². The van der Waals surface area contributed by atoms with Gasteiger partial charge in [-0.25, -0.2) is 9.18 Å². The minimum absolute atomic E-state index is 0.0425. The highest BCUT2D eigenvalue weighted by Crippen LogP contribution is 2.64. The number of hydrogen-bond donors (Lipinski definition) is 3. The van der Waals surface area contributed by atoms with Gasteiger partial charge >= 0.3 is 6.09 Å². The Morgan fingerprint density at radius 3 is 2.53 bits per heavy atom. The van der Waals surface area contributed by atoms with Crippen LogP contribution in [0, 0.1) is 39.8 Å². The Kier molecular flexibility index (Phi) is 5.65. The number of nitrogens with zero attached hydrogens (tertiary/aromatic N) is 5. The lowest BCUT2D eigenvalue weighted by atomic mass is 9.66. The lowest BCUT2D eigenvalue weighted by molar-refractivity contribution is -0.0463. The summed E-state index contributed by atoms with van der Waals surface area (Å²) in [5.41, 5.74) is 4.34. The predicted molar refractivity (Wildman–Crippen MR) is 118 cm³/mol. The largest absolute Gasteiger partial charge is 0.465 e. The van der Waals surface area contributed by atoms with E-state index in [1.54, 1.807) is 6.92 Å². The number of nitrogens with one attached hydrogen (secondary N) is 1. The lowest BCUT2D eigenvalue weighted by Crippen LogP contribution is -2.64. The standard InChI is InChI=1S/C23H24FN7O3/c1-22(23(7-8-23)9-10-25)18(14(12-26)6-11-30(22)21(33)34)31-13-17(19(27)32)20(29-31)28-16-4-2-15(24)3-5-16/h2-5,13-14,18H,6-9,11H2,1H3,(H2,27,32)(H,28,29)(H,33,34). The molecule has 0 spiro atoms. The molecule has 1 aliphatic heterocycles. The zero-order valence-corrected chi connectivity index (χ0v) is 18.5. The van der Waals surface area contributed by atoms with E-state index in [0.29, 0.717) is 18.5 Å². The van der Waals surface area contributed by atoms with E-state index >= 15 is 0 Å². The van der Waals surface area contributed by atoms with Gasteiger partial charge in [0.1, 0.15) is 11.4 Å². The topological polar surface area (TPSA) is 161 Å². The maximum absolute atomic E-state index is 13.3. The van der Waals surface area contributed by atoms with Crippen LogP contribution in [0.2, 0.25) is 0 Å². The van der Waals surface area contributed by atoms with E-state index in [0.717, 1.165) is 0 Å². The third kappa shape index (κ3) is 3.59. The van der Waals surface area contributed by atoms with Crippen LogP contribution in [0.4, 0.5) is 20.7 Å². The Morgan fingerprint density at radius 2 is 2.00 bits per heavy atom. The second kappa shape index (κ2) is 8.34. The molecule has 176 valence electrons. The number of benzene rings is 1. The van der Waals surface area contributed by atoms with Gasteiger partial charge in [-0.05, 0) is 50.5 Å². The smallest absolute Gasteiger partial charge is 0.407 e. The molecule has 3 unspecified atom stereocenters. The lowest BCUT2D eigenvalue weighted by Gasteiger charge is -2.54. The molecule has 4 N–H and O–H groups in total. The zero-order chi connectivity index (χ0) is 24.7. The molecule has 4 rings (SSSR count). The monoisotopic (exact) mass is 465 g/mol. The molecule has 1 aromatic heterocycles. The van der Waals surface area contributed by atoms with Gasteiger partial charge in [0.05, 0.1) is 29.6 Å². The van der Waals surface area contributed by atoms with E-state index in [9.17, 15) is 29.6 Å². The number of nitriles is 2. The third-order valence-corrected chi connectivity index (χ3v) is 7.31. The second-order valence-electron chi connectivity index (χ2n) is 9.03. The van der Waals surface area contributed by atoms with Crippen molar-refractivity contribution in [3.8, 4) is 12.1 Å². The van der Waals surface area contributed by atoms with Crippen LogP contribution < -0.4 is 11.1 Å². The number of carboxylic acid groups (broad SMARTS) is 1. The SMILES string of the molecule is CC1(C2(CC#N)CC2)C(n2cc(C(N)=O)c(Nc3ccc(F)cc3)n2)C(C#N)CCN1C(=O)O. The average molecular weight is 465 g/mol. The molecule has 0 radical (unpaired) electrons. The van der Waals surface area contributed by atoms with Gasteiger partial charge in [-0.2, -0.15) is 15.6 Å². The number of piperidine rings is 1. The fourth-order valence-electron chi connectivity index (χ4n) is 5.32. The number of halogens is 1. The molecule has 2 fully saturated rings. The molecule has 3 atom stereocenters. The van der Waals surface area contributed by atoms with Crippen molar-refractivity contribution in [2.24, 2.45) is 17.1 Å². The molecule has 2 aromatic rings. The number of anilines is 2. The minimum Gasteiger partial charge on any atom is -0.465 e. The summed E-state index contributed by atoms with van der Waals surface area (Å²) < 4.78 is 14.7. The van der Waals surface area contributed by atoms with Gasteiger partial charge in [-0.15, -0.1) is 0 Å². The summed E-state index contributed by atoms with van der Waals surface area (Å²) in [6, 6.07) is 9.14. The first-order chi connectivity index (χ1) is 16.2. The van der Waals surface area contributed by atoms with Crippen LogP contribution in [0.15, 0.2) is 30.5 Å². The molecule has 2 amide bonds. The van der Waals surface area contributed by atoms with Gasteiger partial charge in [-0.1, -0.05) is 0 Å². The number of hydrogen-bond acceptors (Lipinski definition) is 6. The quantitative estimate of drug-likeness (QED) is 0.589. The van der Waals surface area contributed by atoms with Gasteiger partial charge < -0.3 is 21.1 Å². The molecule has 11 heteroatoms. The number of aromatic nitrogens is 2. The summed E-state index contributed by atoms with van der Waals surface area (Å²) in [6.07, 6.45) is 1.96. The summed E-state index contributed by atoms with van der Waals surface area (Å²) in [7, 11) is 0. The Hall–Kier alpha value is -4.12. The number of nitrogens with two attached hydrogens (primary N) is 1. The average Bonchev–Trinajstić information content (AvgIpc) is 3.47. The van der Waals surface area contributed by atoms with Crippen LogP contribution in [-0.2, 0) is 0 Å². The van der Waals surface area contributed by atoms with E-state index in [-0.39, 0.29) is 30.8 Å². The van der Waals surface area contributed by atoms with Crippen molar-refractivity contribution in [3.63, 3.8) is 0 Å². The van der Waals surface area contributed by atoms with Crippen molar-refractivity contribution in [2.75, 3.05) is 11.9 Å². The molecule has 10 nitrogen and oxygen atoms in total. The number of carbonyl (C=O) groups is 2. The highest BCUT2D eigenvalue weighted by Gasteiger charge is 2.67. The van der Waals surface area contributed by atoms with Gasteiger partial charge in [0.25, 0.3) is 5.91 Å². The fourth-order valence-corrected chi connectivity index (χ4v) is 5.32. The highest BCUT2D eigenvalue weighted by molar-refractivity contribution is 5.98. The van der Waals surface area contributed by atoms with Crippen molar-refractivity contribution in [1.29, 1.82) is 10.5 Å². The molecule has 1 saturated heterocycles. The summed E-state index contributed by atoms with van der Waals surface area (Å²) in [4.78, 5) is 25.8. The maximum atomic E-state index is 13.3. The van der Waals surface area contributed by atoms with E-state index in [1.165, 1.54) is 40.0 Å². The summed E-state index contributed by atoms with van der Waals surface area (Å²) in [6.45, 7) is 1.91. The fraction of sp³-hybridized carbons (Fsp3) is 0.435. The molecule has 1 aliphatic carbocycles. The van der Waals surface area contributed by atoms with Crippen LogP contribution in [0.3, 0.4) is 0 Å². The highest BCUT2D eigenvalue weighted by atomic mass is 19.1. The van der Waals surface area contributed by atoms with Crippen LogP contribution in [0.1, 0.15) is 49.0 Å². The van der Waals surface area contributed by atoms with Crippen LogP contribution in [0.5, 0.6) is 0 Å². The van der Waals surface area contributed by atoms with Gasteiger partial charge in [0.15, 0.2) is 5.82 Å². The van der Waals surface area contributed by atoms with Gasteiger partial charge in [0.2, 0.25) is 0 Å². The molecule has 0 bridgehead atoms. The predicted octanol–water partition coefficient (Wildman–Crippen LogP) is 3.38. The minimum atomic E-state index is -1.14. The summed E-state index contributed by atoms with van der Waals surface area (Å²) >= 11 is 0. The first-order valence-corrected chi connectivity index (χ1v) is 10.9. The van der Waals surface area contributed by atoms with Crippen molar-refractivity contribution in [1.82, 2.24) is 14.7 Å². The van der Waals surface area contributed by atoms with Crippen LogP contribution in [0.25, 0.3) is 0 Å². The number of rotatable bonds is 6. The molecule has 34 heavy (non-hydrogen) atoms. The summed E-state index contributed by atoms with van der Waals surface area (Å²) in [5.74, 6) is -1.70. The van der Waals surface area contributed by atoms with Crippen molar-refractivity contribution >= 4 is 23.5 Å². The van der Waals surface area contributed by atoms with E-state index < -0.39 is 40.7 Å². The van der Waals surface area contributed by atoms with Crippen LogP contribution >= 0.6 is 0 Å². The number of likely N-dealkylation sites (tertiary alicyclic amines) is 1. The van der Waals surface area contributed by atoms with Crippen molar-refractivity contribution in [3.05, 3.63) is 41.8 Å². The van der Waals surface area contributed by atoms with Gasteiger partial charge in [-0.3, -0.25) is 9.48 Å². The molecular formula is C23H24FN7O3. The Labute approximate surface area is 195 Å². The molecule has 1 aromatic carbocycles. The Bertz CT molecular complexity index is 1210. The van der Waals surface area contributed by atoms with Crippen molar-refractivity contribution < 1.29 is 19.1 Å². The number of carbonyl (C=O) groups excluding carboxylic acids is 1. The first kappa shape index (κ1) is 23.1. The van der Waals surface area contributed by atoms with Gasteiger partial charge in [0, 0.05) is 30.3 Å². The molecule has 2 heterocycles. The molecule has 2 aliphatic rings.